The Bertz CT molecular complexity index is 1140. The van der Waals surface area contributed by atoms with Gasteiger partial charge in [-0.3, -0.25) is 0 Å². The Morgan fingerprint density at radius 2 is 1.86 bits per heavy atom. The summed E-state index contributed by atoms with van der Waals surface area (Å²) in [5.41, 5.74) is 5.14. The largest absolute Gasteiger partial charge is 0.497 e. The predicted molar refractivity (Wildman–Crippen MR) is 120 cm³/mol. The zero-order valence-electron chi connectivity index (χ0n) is 15.3. The first-order valence-corrected chi connectivity index (χ1v) is 9.72. The molecule has 0 saturated heterocycles. The van der Waals surface area contributed by atoms with Gasteiger partial charge in [0.25, 0.3) is 0 Å². The standard InChI is InChI=1S/C23H19ClN2OS/c1-27-18-9-5-6-15(12-18)14-25-23(28)22-21(16-7-3-2-4-8-16)19-13-17(24)10-11-20(19)26-22/h2-13,26H,14H2,1H3,(H,25,28). The number of H-pyrrole nitrogens is 1. The average molecular weight is 407 g/mol. The first-order valence-electron chi connectivity index (χ1n) is 8.93. The molecule has 0 saturated carbocycles. The molecule has 0 bridgehead atoms. The van der Waals surface area contributed by atoms with Crippen LogP contribution in [0.5, 0.6) is 5.75 Å². The lowest BCUT2D eigenvalue weighted by atomic mass is 10.0. The second-order valence-electron chi connectivity index (χ2n) is 6.47. The number of aromatic nitrogens is 1. The van der Waals surface area contributed by atoms with Crippen LogP contribution in [-0.2, 0) is 6.54 Å². The van der Waals surface area contributed by atoms with Crippen molar-refractivity contribution in [3.63, 3.8) is 0 Å². The predicted octanol–water partition coefficient (Wildman–Crippen LogP) is 5.96. The number of hydrogen-bond acceptors (Lipinski definition) is 2. The Morgan fingerprint density at radius 3 is 2.64 bits per heavy atom. The zero-order valence-corrected chi connectivity index (χ0v) is 16.9. The number of methoxy groups -OCH3 is 1. The van der Waals surface area contributed by atoms with Crippen LogP contribution in [0.15, 0.2) is 72.8 Å². The number of nitrogens with one attached hydrogen (secondary N) is 2. The van der Waals surface area contributed by atoms with Crippen molar-refractivity contribution >= 4 is 39.7 Å². The molecule has 2 N–H and O–H groups in total. The van der Waals surface area contributed by atoms with E-state index in [2.05, 4.69) is 22.4 Å². The molecule has 140 valence electrons. The summed E-state index contributed by atoms with van der Waals surface area (Å²) in [5.74, 6) is 0.829. The highest BCUT2D eigenvalue weighted by Gasteiger charge is 2.17. The third-order valence-corrected chi connectivity index (χ3v) is 5.22. The molecular weight excluding hydrogens is 388 g/mol. The third kappa shape index (κ3) is 3.75. The summed E-state index contributed by atoms with van der Waals surface area (Å²) in [4.78, 5) is 4.12. The number of rotatable bonds is 5. The molecule has 0 spiro atoms. The summed E-state index contributed by atoms with van der Waals surface area (Å²) in [6.45, 7) is 0.611. The van der Waals surface area contributed by atoms with Crippen LogP contribution >= 0.6 is 23.8 Å². The molecule has 5 heteroatoms. The number of hydrogen-bond donors (Lipinski definition) is 2. The van der Waals surface area contributed by atoms with Gasteiger partial charge in [0.1, 0.15) is 10.7 Å². The SMILES string of the molecule is COc1cccc(CNC(=S)c2[nH]c3ccc(Cl)cc3c2-c2ccccc2)c1. The number of fused-ring (bicyclic) bond motifs is 1. The fourth-order valence-corrected chi connectivity index (χ4v) is 3.69. The topological polar surface area (TPSA) is 37.0 Å². The van der Waals surface area contributed by atoms with Crippen LogP contribution < -0.4 is 10.1 Å². The smallest absolute Gasteiger partial charge is 0.124 e. The number of halogens is 1. The Balaban J connectivity index is 1.70. The lowest BCUT2D eigenvalue weighted by molar-refractivity contribution is 0.414. The fourth-order valence-electron chi connectivity index (χ4n) is 3.29. The Morgan fingerprint density at radius 1 is 1.04 bits per heavy atom. The lowest BCUT2D eigenvalue weighted by Crippen LogP contribution is -2.22. The van der Waals surface area contributed by atoms with Gasteiger partial charge in [-0.05, 0) is 41.5 Å². The highest BCUT2D eigenvalue weighted by atomic mass is 35.5. The van der Waals surface area contributed by atoms with Crippen molar-refractivity contribution in [3.8, 4) is 16.9 Å². The highest BCUT2D eigenvalue weighted by Crippen LogP contribution is 2.34. The summed E-state index contributed by atoms with van der Waals surface area (Å²) in [6, 6.07) is 24.0. The normalized spacial score (nSPS) is 10.8. The molecule has 0 aliphatic carbocycles. The van der Waals surface area contributed by atoms with Crippen LogP contribution in [0, 0.1) is 0 Å². The van der Waals surface area contributed by atoms with Crippen LogP contribution in [0.1, 0.15) is 11.3 Å². The summed E-state index contributed by atoms with van der Waals surface area (Å²) in [6.07, 6.45) is 0. The Hall–Kier alpha value is -2.82. The molecule has 4 rings (SSSR count). The van der Waals surface area contributed by atoms with E-state index in [1.165, 1.54) is 0 Å². The molecule has 0 radical (unpaired) electrons. The molecule has 4 aromatic rings. The molecule has 0 unspecified atom stereocenters. The monoisotopic (exact) mass is 406 g/mol. The summed E-state index contributed by atoms with van der Waals surface area (Å²) < 4.78 is 5.30. The van der Waals surface area contributed by atoms with E-state index in [1.54, 1.807) is 7.11 Å². The van der Waals surface area contributed by atoms with Gasteiger partial charge in [0.05, 0.1) is 12.8 Å². The Labute approximate surface area is 174 Å². The van der Waals surface area contributed by atoms with Crippen molar-refractivity contribution in [2.45, 2.75) is 6.54 Å². The molecule has 1 heterocycles. The van der Waals surface area contributed by atoms with E-state index in [0.29, 0.717) is 16.6 Å². The minimum atomic E-state index is 0.611. The van der Waals surface area contributed by atoms with Crippen LogP contribution in [0.2, 0.25) is 5.02 Å². The summed E-state index contributed by atoms with van der Waals surface area (Å²) >= 11 is 12.0. The molecule has 0 aliphatic rings. The van der Waals surface area contributed by atoms with Crippen molar-refractivity contribution in [2.24, 2.45) is 0 Å². The maximum absolute atomic E-state index is 6.26. The molecule has 0 fully saturated rings. The molecule has 0 amide bonds. The second-order valence-corrected chi connectivity index (χ2v) is 7.31. The van der Waals surface area contributed by atoms with Gasteiger partial charge in [0.2, 0.25) is 0 Å². The Kier molecular flexibility index (Phi) is 5.33. The second kappa shape index (κ2) is 8.05. The third-order valence-electron chi connectivity index (χ3n) is 4.64. The van der Waals surface area contributed by atoms with Gasteiger partial charge in [0.15, 0.2) is 0 Å². The van der Waals surface area contributed by atoms with Crippen LogP contribution in [0.25, 0.3) is 22.0 Å². The first kappa shape index (κ1) is 18.5. The van der Waals surface area contributed by atoms with Gasteiger partial charge >= 0.3 is 0 Å². The van der Waals surface area contributed by atoms with Gasteiger partial charge in [-0.1, -0.05) is 66.3 Å². The van der Waals surface area contributed by atoms with E-state index in [-0.39, 0.29) is 0 Å². The number of aromatic amines is 1. The van der Waals surface area contributed by atoms with Crippen molar-refractivity contribution in [1.29, 1.82) is 0 Å². The van der Waals surface area contributed by atoms with Crippen LogP contribution in [-0.4, -0.2) is 17.1 Å². The van der Waals surface area contributed by atoms with E-state index >= 15 is 0 Å². The van der Waals surface area contributed by atoms with Gasteiger partial charge in [-0.25, -0.2) is 0 Å². The quantitative estimate of drug-likeness (QED) is 0.401. The van der Waals surface area contributed by atoms with Crippen molar-refractivity contribution in [2.75, 3.05) is 7.11 Å². The van der Waals surface area contributed by atoms with E-state index in [9.17, 15) is 0 Å². The van der Waals surface area contributed by atoms with Gasteiger partial charge in [0, 0.05) is 28.0 Å². The minimum Gasteiger partial charge on any atom is -0.497 e. The van der Waals surface area contributed by atoms with Crippen molar-refractivity contribution in [1.82, 2.24) is 10.3 Å². The first-order chi connectivity index (χ1) is 13.7. The maximum atomic E-state index is 6.26. The molecular formula is C23H19ClN2OS. The molecule has 0 aliphatic heterocycles. The number of thiocarbonyl (C=S) groups is 1. The summed E-state index contributed by atoms with van der Waals surface area (Å²) in [5, 5.41) is 5.12. The van der Waals surface area contributed by atoms with Crippen LogP contribution in [0.3, 0.4) is 0 Å². The average Bonchev–Trinajstić information content (AvgIpc) is 3.11. The maximum Gasteiger partial charge on any atom is 0.124 e. The van der Waals surface area contributed by atoms with Crippen molar-refractivity contribution < 1.29 is 4.74 Å². The van der Waals surface area contributed by atoms with E-state index in [4.69, 9.17) is 28.6 Å². The van der Waals surface area contributed by atoms with Gasteiger partial charge < -0.3 is 15.0 Å². The molecule has 3 nitrogen and oxygen atoms in total. The van der Waals surface area contributed by atoms with Gasteiger partial charge in [-0.2, -0.15) is 0 Å². The molecule has 3 aromatic carbocycles. The molecule has 28 heavy (non-hydrogen) atoms. The number of benzene rings is 3. The lowest BCUT2D eigenvalue weighted by Gasteiger charge is -2.10. The van der Waals surface area contributed by atoms with Gasteiger partial charge in [-0.15, -0.1) is 0 Å². The van der Waals surface area contributed by atoms with Crippen molar-refractivity contribution in [3.05, 3.63) is 89.1 Å². The molecule has 0 atom stereocenters. The number of ether oxygens (including phenoxy) is 1. The van der Waals surface area contributed by atoms with E-state index in [0.717, 1.165) is 39.0 Å². The summed E-state index contributed by atoms with van der Waals surface area (Å²) in [7, 11) is 1.67. The van der Waals surface area contributed by atoms with E-state index < -0.39 is 0 Å². The molecule has 1 aromatic heterocycles. The highest BCUT2D eigenvalue weighted by molar-refractivity contribution is 7.80. The zero-order chi connectivity index (χ0) is 19.5. The van der Waals surface area contributed by atoms with Crippen LogP contribution in [0.4, 0.5) is 0 Å². The minimum absolute atomic E-state index is 0.611. The van der Waals surface area contributed by atoms with E-state index in [1.807, 2.05) is 60.7 Å². The fraction of sp³-hybridized carbons (Fsp3) is 0.0870.